The van der Waals surface area contributed by atoms with E-state index in [1.807, 2.05) is 6.92 Å². The number of benzene rings is 1. The molecule has 1 aromatic carbocycles. The van der Waals surface area contributed by atoms with Gasteiger partial charge in [0.05, 0.1) is 23.8 Å². The smallest absolute Gasteiger partial charge is 0.312 e. The van der Waals surface area contributed by atoms with Crippen molar-refractivity contribution in [3.63, 3.8) is 0 Å². The largest absolute Gasteiger partial charge is 0.495 e. The first kappa shape index (κ1) is 19.5. The predicted molar refractivity (Wildman–Crippen MR) is 104 cm³/mol. The van der Waals surface area contributed by atoms with Crippen molar-refractivity contribution < 1.29 is 24.2 Å². The van der Waals surface area contributed by atoms with Gasteiger partial charge in [-0.3, -0.25) is 9.59 Å². The van der Waals surface area contributed by atoms with E-state index in [9.17, 15) is 14.7 Å². The van der Waals surface area contributed by atoms with Gasteiger partial charge < -0.3 is 19.9 Å². The molecule has 28 heavy (non-hydrogen) atoms. The molecular weight excluding hydrogens is 382 g/mol. The maximum atomic E-state index is 12.9. The topological polar surface area (TPSA) is 84.9 Å². The second kappa shape index (κ2) is 6.92. The van der Waals surface area contributed by atoms with Crippen LogP contribution in [-0.2, 0) is 14.3 Å². The highest BCUT2D eigenvalue weighted by Gasteiger charge is 2.60. The van der Waals surface area contributed by atoms with E-state index in [0.29, 0.717) is 34.7 Å². The average Bonchev–Trinajstić information content (AvgIpc) is 2.60. The molecule has 0 heterocycles. The third-order valence-electron chi connectivity index (χ3n) is 6.55. The Morgan fingerprint density at radius 3 is 2.54 bits per heavy atom. The number of carbonyl (C=O) groups is 2. The first-order chi connectivity index (χ1) is 13.2. The van der Waals surface area contributed by atoms with Gasteiger partial charge in [-0.15, -0.1) is 0 Å². The number of aryl methyl sites for hydroxylation is 1. The third-order valence-corrected chi connectivity index (χ3v) is 6.96. The molecule has 1 amide bonds. The summed E-state index contributed by atoms with van der Waals surface area (Å²) in [5, 5.41) is 14.0. The standard InChI is InChI=1S/C21H26ClNO5/c1-12-3-16(17(27-2)5-15(12)22)23-18(24)10-28-19(25)20-6-13-4-14(7-20)9-21(26,8-13)11-20/h3,5,13-14,26H,4,6-11H2,1-2H3,(H,23,24)/t13-,14-,20?,21?/m1/s1. The molecule has 152 valence electrons. The van der Waals surface area contributed by atoms with Crippen LogP contribution < -0.4 is 10.1 Å². The minimum absolute atomic E-state index is 0.352. The van der Waals surface area contributed by atoms with Crippen molar-refractivity contribution in [1.82, 2.24) is 0 Å². The molecule has 0 aliphatic heterocycles. The molecule has 4 aliphatic rings. The van der Waals surface area contributed by atoms with Gasteiger partial charge in [-0.25, -0.2) is 0 Å². The molecule has 4 bridgehead atoms. The fraction of sp³-hybridized carbons (Fsp3) is 0.619. The molecule has 4 fully saturated rings. The Morgan fingerprint density at radius 1 is 1.25 bits per heavy atom. The summed E-state index contributed by atoms with van der Waals surface area (Å²) in [5.74, 6) is 0.424. The van der Waals surface area contributed by atoms with Crippen LogP contribution in [0.15, 0.2) is 12.1 Å². The zero-order valence-corrected chi connectivity index (χ0v) is 17.0. The van der Waals surface area contributed by atoms with E-state index in [4.69, 9.17) is 21.1 Å². The Kier molecular flexibility index (Phi) is 4.82. The van der Waals surface area contributed by atoms with Gasteiger partial charge in [0.2, 0.25) is 0 Å². The fourth-order valence-corrected chi connectivity index (χ4v) is 6.01. The van der Waals surface area contributed by atoms with Gasteiger partial charge in [-0.05, 0) is 68.9 Å². The Morgan fingerprint density at radius 2 is 1.93 bits per heavy atom. The van der Waals surface area contributed by atoms with E-state index in [1.54, 1.807) is 12.1 Å². The van der Waals surface area contributed by atoms with Crippen molar-refractivity contribution >= 4 is 29.2 Å². The molecule has 6 nitrogen and oxygen atoms in total. The molecule has 0 saturated heterocycles. The highest BCUT2D eigenvalue weighted by molar-refractivity contribution is 6.31. The normalized spacial score (nSPS) is 32.9. The zero-order chi connectivity index (χ0) is 20.1. The highest BCUT2D eigenvalue weighted by atomic mass is 35.5. The molecule has 7 heteroatoms. The summed E-state index contributed by atoms with van der Waals surface area (Å²) < 4.78 is 10.7. The van der Waals surface area contributed by atoms with E-state index in [2.05, 4.69) is 5.32 Å². The van der Waals surface area contributed by atoms with E-state index in [0.717, 1.165) is 37.7 Å². The van der Waals surface area contributed by atoms with Crippen LogP contribution in [0.25, 0.3) is 0 Å². The van der Waals surface area contributed by atoms with E-state index < -0.39 is 16.9 Å². The molecular formula is C21H26ClNO5. The van der Waals surface area contributed by atoms with Crippen molar-refractivity contribution in [2.45, 2.75) is 51.0 Å². The molecule has 1 aromatic rings. The number of esters is 1. The minimum Gasteiger partial charge on any atom is -0.495 e. The van der Waals surface area contributed by atoms with Crippen LogP contribution in [0, 0.1) is 24.2 Å². The maximum Gasteiger partial charge on any atom is 0.312 e. The number of carbonyl (C=O) groups excluding carboxylic acids is 2. The summed E-state index contributed by atoms with van der Waals surface area (Å²) in [6.07, 6.45) is 4.64. The van der Waals surface area contributed by atoms with Gasteiger partial charge in [-0.1, -0.05) is 11.6 Å². The molecule has 0 unspecified atom stereocenters. The summed E-state index contributed by atoms with van der Waals surface area (Å²) in [4.78, 5) is 25.2. The summed E-state index contributed by atoms with van der Waals surface area (Å²) in [6.45, 7) is 1.47. The lowest BCUT2D eigenvalue weighted by atomic mass is 9.48. The lowest BCUT2D eigenvalue weighted by Crippen LogP contribution is -2.58. The van der Waals surface area contributed by atoms with Gasteiger partial charge in [-0.2, -0.15) is 0 Å². The fourth-order valence-electron chi connectivity index (χ4n) is 5.85. The first-order valence-corrected chi connectivity index (χ1v) is 10.1. The van der Waals surface area contributed by atoms with Crippen LogP contribution in [0.5, 0.6) is 5.75 Å². The molecule has 0 spiro atoms. The summed E-state index contributed by atoms with van der Waals surface area (Å²) in [7, 11) is 1.49. The molecule has 4 aliphatic carbocycles. The van der Waals surface area contributed by atoms with Crippen molar-refractivity contribution in [2.75, 3.05) is 19.0 Å². The Labute approximate surface area is 169 Å². The van der Waals surface area contributed by atoms with Gasteiger partial charge in [0.1, 0.15) is 5.75 Å². The van der Waals surface area contributed by atoms with Crippen molar-refractivity contribution in [2.24, 2.45) is 17.3 Å². The third kappa shape index (κ3) is 3.48. The summed E-state index contributed by atoms with van der Waals surface area (Å²) in [5.41, 5.74) is -0.0844. The number of methoxy groups -OCH3 is 1. The van der Waals surface area contributed by atoms with Gasteiger partial charge >= 0.3 is 5.97 Å². The average molecular weight is 408 g/mol. The Bertz CT molecular complexity index is 809. The van der Waals surface area contributed by atoms with Gasteiger partial charge in [0.15, 0.2) is 6.61 Å². The second-order valence-electron chi connectivity index (χ2n) is 8.89. The van der Waals surface area contributed by atoms with E-state index in [1.165, 1.54) is 7.11 Å². The Balaban J connectivity index is 1.39. The van der Waals surface area contributed by atoms with Crippen LogP contribution in [0.1, 0.15) is 44.1 Å². The lowest BCUT2D eigenvalue weighted by Gasteiger charge is -2.58. The SMILES string of the molecule is COc1cc(Cl)c(C)cc1NC(=O)COC(=O)C12C[C@H]3C[C@@H](CC(O)(C3)C1)C2. The predicted octanol–water partition coefficient (Wildman–Crippen LogP) is 3.47. The van der Waals surface area contributed by atoms with Crippen molar-refractivity contribution in [3.05, 3.63) is 22.7 Å². The molecule has 5 rings (SSSR count). The number of anilines is 1. The molecule has 2 N–H and O–H groups in total. The van der Waals surface area contributed by atoms with Crippen LogP contribution in [0.3, 0.4) is 0 Å². The van der Waals surface area contributed by atoms with E-state index >= 15 is 0 Å². The van der Waals surface area contributed by atoms with Gasteiger partial charge in [0, 0.05) is 11.1 Å². The molecule has 2 atom stereocenters. The molecule has 0 radical (unpaired) electrons. The number of ether oxygens (including phenoxy) is 2. The summed E-state index contributed by atoms with van der Waals surface area (Å²) >= 11 is 6.08. The van der Waals surface area contributed by atoms with Crippen LogP contribution in [0.2, 0.25) is 5.02 Å². The zero-order valence-electron chi connectivity index (χ0n) is 16.2. The van der Waals surface area contributed by atoms with E-state index in [-0.39, 0.29) is 12.6 Å². The number of halogens is 1. The quantitative estimate of drug-likeness (QED) is 0.730. The number of amides is 1. The van der Waals surface area contributed by atoms with Crippen LogP contribution in [-0.4, -0.2) is 36.3 Å². The van der Waals surface area contributed by atoms with Crippen LogP contribution in [0.4, 0.5) is 5.69 Å². The second-order valence-corrected chi connectivity index (χ2v) is 9.30. The Hall–Kier alpha value is -1.79. The number of hydrogen-bond donors (Lipinski definition) is 2. The minimum atomic E-state index is -0.737. The van der Waals surface area contributed by atoms with Crippen molar-refractivity contribution in [3.8, 4) is 5.75 Å². The van der Waals surface area contributed by atoms with Crippen LogP contribution >= 0.6 is 11.6 Å². The number of nitrogens with one attached hydrogen (secondary N) is 1. The number of hydrogen-bond acceptors (Lipinski definition) is 5. The maximum absolute atomic E-state index is 12.9. The summed E-state index contributed by atoms with van der Waals surface area (Å²) in [6, 6.07) is 3.35. The number of rotatable bonds is 5. The number of aliphatic hydroxyl groups is 1. The molecule has 0 aromatic heterocycles. The molecule has 4 saturated carbocycles. The first-order valence-electron chi connectivity index (χ1n) is 9.76. The monoisotopic (exact) mass is 407 g/mol. The highest BCUT2D eigenvalue weighted by Crippen LogP contribution is 2.61. The van der Waals surface area contributed by atoms with Gasteiger partial charge in [0.25, 0.3) is 5.91 Å². The lowest BCUT2D eigenvalue weighted by molar-refractivity contribution is -0.196. The van der Waals surface area contributed by atoms with Crippen molar-refractivity contribution in [1.29, 1.82) is 0 Å².